The van der Waals surface area contributed by atoms with E-state index in [1.807, 2.05) is 55.4 Å². The second-order valence-electron chi connectivity index (χ2n) is 12.2. The summed E-state index contributed by atoms with van der Waals surface area (Å²) in [4.78, 5) is 52.1. The van der Waals surface area contributed by atoms with Gasteiger partial charge < -0.3 is 20.9 Å². The van der Waals surface area contributed by atoms with Crippen molar-refractivity contribution in [3.63, 3.8) is 0 Å². The third-order valence-corrected chi connectivity index (χ3v) is 9.19. The molecule has 2 aromatic carbocycles. The summed E-state index contributed by atoms with van der Waals surface area (Å²) in [5.41, 5.74) is 0.582. The predicted octanol–water partition coefficient (Wildman–Crippen LogP) is 2.64. The number of nitrogens with one attached hydrogen (secondary N) is 3. The van der Waals surface area contributed by atoms with Crippen LogP contribution in [-0.2, 0) is 25.6 Å². The highest BCUT2D eigenvalue weighted by molar-refractivity contribution is 5.95. The maximum Gasteiger partial charge on any atom is 0.471 e. The molecule has 1 saturated carbocycles. The van der Waals surface area contributed by atoms with E-state index in [0.29, 0.717) is 24.2 Å². The number of alkyl halides is 3. The summed E-state index contributed by atoms with van der Waals surface area (Å²) in [6, 6.07) is 11.1. The normalized spacial score (nSPS) is 25.1. The fraction of sp³-hybridized carbons (Fsp3) is 0.484. The molecule has 3 aliphatic rings. The zero-order chi connectivity index (χ0) is 31.1. The molecular weight excluding hydrogens is 563 g/mol. The quantitative estimate of drug-likeness (QED) is 0.403. The summed E-state index contributed by atoms with van der Waals surface area (Å²) < 4.78 is 39.9. The zero-order valence-corrected chi connectivity index (χ0v) is 23.7. The van der Waals surface area contributed by atoms with Crippen LogP contribution in [0.25, 0.3) is 10.8 Å². The minimum absolute atomic E-state index is 0.0731. The molecule has 0 bridgehead atoms. The van der Waals surface area contributed by atoms with Gasteiger partial charge in [0.2, 0.25) is 11.8 Å². The van der Waals surface area contributed by atoms with Crippen LogP contribution in [0.5, 0.6) is 0 Å². The monoisotopic (exact) mass is 595 g/mol. The molecule has 3 N–H and O–H groups in total. The number of benzene rings is 2. The van der Waals surface area contributed by atoms with E-state index in [9.17, 15) is 37.6 Å². The van der Waals surface area contributed by atoms with Crippen molar-refractivity contribution in [2.24, 2.45) is 23.2 Å². The van der Waals surface area contributed by atoms with Gasteiger partial charge in [0.05, 0.1) is 11.8 Å². The summed E-state index contributed by atoms with van der Waals surface area (Å²) in [5, 5.41) is 19.0. The SMILES string of the molecule is CC1(C)[C@@H]2[C@@H](C(=O)N[C@H](C#N)C[C@@H]3CCNC3=C=O)N(C(=O)[C@H](Cc3ccc4ccccc4c3)NC(=O)C(F)(F)F)C[C@@H]21. The third-order valence-electron chi connectivity index (χ3n) is 9.19. The first kappa shape index (κ1) is 30.1. The van der Waals surface area contributed by atoms with Crippen LogP contribution in [0.1, 0.15) is 32.3 Å². The molecule has 6 atom stereocenters. The van der Waals surface area contributed by atoms with Gasteiger partial charge in [0, 0.05) is 25.4 Å². The van der Waals surface area contributed by atoms with E-state index in [4.69, 9.17) is 0 Å². The number of nitriles is 1. The Morgan fingerprint density at radius 1 is 1.14 bits per heavy atom. The Labute approximate surface area is 246 Å². The third kappa shape index (κ3) is 5.95. The van der Waals surface area contributed by atoms with Crippen molar-refractivity contribution in [1.82, 2.24) is 20.9 Å². The fourth-order valence-corrected chi connectivity index (χ4v) is 6.77. The van der Waals surface area contributed by atoms with Gasteiger partial charge >= 0.3 is 12.1 Å². The number of piperidine rings is 1. The van der Waals surface area contributed by atoms with E-state index in [1.165, 1.54) is 4.90 Å². The molecule has 0 spiro atoms. The molecule has 2 aliphatic heterocycles. The van der Waals surface area contributed by atoms with Gasteiger partial charge in [-0.25, -0.2) is 4.79 Å². The summed E-state index contributed by atoms with van der Waals surface area (Å²) in [7, 11) is 0. The number of rotatable bonds is 8. The van der Waals surface area contributed by atoms with E-state index >= 15 is 0 Å². The van der Waals surface area contributed by atoms with Gasteiger partial charge in [-0.2, -0.15) is 18.4 Å². The average molecular weight is 596 g/mol. The van der Waals surface area contributed by atoms with E-state index in [2.05, 4.69) is 10.6 Å². The van der Waals surface area contributed by atoms with Crippen LogP contribution in [0, 0.1) is 34.5 Å². The van der Waals surface area contributed by atoms with Gasteiger partial charge in [-0.05, 0) is 46.4 Å². The van der Waals surface area contributed by atoms with E-state index in [0.717, 1.165) is 10.8 Å². The summed E-state index contributed by atoms with van der Waals surface area (Å²) in [6.07, 6.45) is -4.66. The highest BCUT2D eigenvalue weighted by Crippen LogP contribution is 2.65. The van der Waals surface area contributed by atoms with Crippen molar-refractivity contribution < 1.29 is 32.3 Å². The first-order valence-electron chi connectivity index (χ1n) is 14.2. The number of amides is 3. The second-order valence-corrected chi connectivity index (χ2v) is 12.2. The van der Waals surface area contributed by atoms with Gasteiger partial charge in [0.1, 0.15) is 24.1 Å². The Morgan fingerprint density at radius 3 is 2.53 bits per heavy atom. The van der Waals surface area contributed by atoms with Crippen molar-refractivity contribution in [3.05, 3.63) is 53.7 Å². The largest absolute Gasteiger partial charge is 0.471 e. The lowest BCUT2D eigenvalue weighted by Gasteiger charge is -2.33. The number of carbonyl (C=O) groups excluding carboxylic acids is 4. The lowest BCUT2D eigenvalue weighted by molar-refractivity contribution is -0.175. The standard InChI is InChI=1S/C31H32F3N5O4/c1-30(2)22-15-39(26(25(22)30)27(41)37-21(14-35)13-20-9-10-36-24(20)16-40)28(42)23(38-29(43)31(32,33)34)12-17-7-8-18-5-3-4-6-19(18)11-17/h3-8,11,20-23,25-26,36H,9-10,12-13,15H2,1-2H3,(H,37,41)(H,38,43)/t20-,21-,22-,23-,25-,26-/m0/s1. The molecule has 3 fully saturated rings. The number of nitrogens with zero attached hydrogens (tertiary/aromatic N) is 2. The summed E-state index contributed by atoms with van der Waals surface area (Å²) >= 11 is 0. The summed E-state index contributed by atoms with van der Waals surface area (Å²) in [5.74, 6) is -2.42. The van der Waals surface area contributed by atoms with Crippen molar-refractivity contribution >= 4 is 34.4 Å². The lowest BCUT2D eigenvalue weighted by Crippen LogP contribution is -2.58. The molecule has 3 amide bonds. The summed E-state index contributed by atoms with van der Waals surface area (Å²) in [6.45, 7) is 4.59. The molecule has 0 aromatic heterocycles. The van der Waals surface area contributed by atoms with Crippen molar-refractivity contribution in [1.29, 1.82) is 5.26 Å². The first-order chi connectivity index (χ1) is 20.3. The first-order valence-corrected chi connectivity index (χ1v) is 14.2. The van der Waals surface area contributed by atoms with E-state index in [1.54, 1.807) is 18.2 Å². The van der Waals surface area contributed by atoms with Crippen molar-refractivity contribution in [2.75, 3.05) is 13.1 Å². The Hall–Kier alpha value is -4.36. The fourth-order valence-electron chi connectivity index (χ4n) is 6.77. The molecule has 9 nitrogen and oxygen atoms in total. The molecule has 5 rings (SSSR count). The van der Waals surface area contributed by atoms with E-state index < -0.39 is 42.0 Å². The van der Waals surface area contributed by atoms with Gasteiger partial charge in [0.15, 0.2) is 0 Å². The Kier molecular flexibility index (Phi) is 7.97. The molecule has 1 aliphatic carbocycles. The van der Waals surface area contributed by atoms with Gasteiger partial charge in [-0.1, -0.05) is 56.3 Å². The Bertz CT molecular complexity index is 1540. The number of halogens is 3. The maximum absolute atomic E-state index is 13.9. The van der Waals surface area contributed by atoms with Crippen LogP contribution < -0.4 is 16.0 Å². The highest BCUT2D eigenvalue weighted by atomic mass is 19.4. The molecule has 43 heavy (non-hydrogen) atoms. The zero-order valence-electron chi connectivity index (χ0n) is 23.7. The van der Waals surface area contributed by atoms with Crippen molar-refractivity contribution in [2.45, 2.75) is 57.4 Å². The number of carbonyl (C=O) groups is 3. The van der Waals surface area contributed by atoms with Crippen LogP contribution in [0.4, 0.5) is 13.2 Å². The highest BCUT2D eigenvalue weighted by Gasteiger charge is 2.69. The number of hydrogen-bond acceptors (Lipinski definition) is 6. The smallest absolute Gasteiger partial charge is 0.379 e. The Balaban J connectivity index is 1.39. The molecule has 226 valence electrons. The lowest BCUT2D eigenvalue weighted by atomic mass is 9.95. The van der Waals surface area contributed by atoms with Gasteiger partial charge in [-0.3, -0.25) is 14.4 Å². The minimum Gasteiger partial charge on any atom is -0.379 e. The van der Waals surface area contributed by atoms with Crippen LogP contribution in [0.3, 0.4) is 0 Å². The molecular formula is C31H32F3N5O4. The molecule has 2 heterocycles. The second kappa shape index (κ2) is 11.4. The van der Waals surface area contributed by atoms with Crippen LogP contribution in [0.2, 0.25) is 0 Å². The number of allylic oxidation sites excluding steroid dienone is 1. The van der Waals surface area contributed by atoms with Gasteiger partial charge in [-0.15, -0.1) is 0 Å². The van der Waals surface area contributed by atoms with Crippen LogP contribution >= 0.6 is 0 Å². The minimum atomic E-state index is -5.21. The topological polar surface area (TPSA) is 131 Å². The van der Waals surface area contributed by atoms with E-state index in [-0.39, 0.29) is 42.6 Å². The predicted molar refractivity (Wildman–Crippen MR) is 149 cm³/mol. The van der Waals surface area contributed by atoms with Crippen molar-refractivity contribution in [3.8, 4) is 6.07 Å². The molecule has 2 saturated heterocycles. The maximum atomic E-state index is 13.9. The van der Waals surface area contributed by atoms with Gasteiger partial charge in [0.25, 0.3) is 0 Å². The molecule has 12 heteroatoms. The number of likely N-dealkylation sites (tertiary alicyclic amines) is 1. The molecule has 0 radical (unpaired) electrons. The van der Waals surface area contributed by atoms with Crippen LogP contribution in [-0.4, -0.2) is 66.0 Å². The average Bonchev–Trinajstić information content (AvgIpc) is 3.34. The molecule has 2 aromatic rings. The Morgan fingerprint density at radius 2 is 1.86 bits per heavy atom. The number of hydrogen-bond donors (Lipinski definition) is 3. The molecule has 0 unspecified atom stereocenters. The van der Waals surface area contributed by atoms with Crippen LogP contribution in [0.15, 0.2) is 48.2 Å². The number of fused-ring (bicyclic) bond motifs is 2.